The number of carbonyl (C=O) groups excluding carboxylic acids is 2. The normalized spacial score (nSPS) is 9.67. The molecule has 0 fully saturated rings. The predicted molar refractivity (Wildman–Crippen MR) is 76.4 cm³/mol. The van der Waals surface area contributed by atoms with Crippen LogP contribution in [0.1, 0.15) is 12.5 Å². The number of nitrogens with one attached hydrogen (secondary N) is 2. The van der Waals surface area contributed by atoms with E-state index >= 15 is 0 Å². The van der Waals surface area contributed by atoms with Gasteiger partial charge >= 0.3 is 12.0 Å². The van der Waals surface area contributed by atoms with E-state index in [0.717, 1.165) is 5.56 Å². The zero-order valence-corrected chi connectivity index (χ0v) is 12.4. The van der Waals surface area contributed by atoms with E-state index in [9.17, 15) is 9.59 Å². The lowest BCUT2D eigenvalue weighted by Crippen LogP contribution is -2.38. The van der Waals surface area contributed by atoms with E-state index in [1.165, 1.54) is 0 Å². The molecule has 0 aromatic heterocycles. The van der Waals surface area contributed by atoms with Gasteiger partial charge in [0.05, 0.1) is 20.8 Å². The molecule has 21 heavy (non-hydrogen) atoms. The number of urea groups is 1. The molecular formula is C14H20N2O5. The summed E-state index contributed by atoms with van der Waals surface area (Å²) in [4.78, 5) is 22.6. The van der Waals surface area contributed by atoms with Crippen molar-refractivity contribution in [1.29, 1.82) is 0 Å². The van der Waals surface area contributed by atoms with Crippen molar-refractivity contribution in [1.82, 2.24) is 10.6 Å². The lowest BCUT2D eigenvalue weighted by atomic mass is 10.2. The SMILES string of the molecule is CCOC(=O)CNC(=O)NCc1ccc(OC)cc1OC. The summed E-state index contributed by atoms with van der Waals surface area (Å²) in [7, 11) is 3.11. The summed E-state index contributed by atoms with van der Waals surface area (Å²) < 4.78 is 15.0. The van der Waals surface area contributed by atoms with Crippen LogP contribution in [0.2, 0.25) is 0 Å². The number of benzene rings is 1. The number of methoxy groups -OCH3 is 2. The number of amides is 2. The van der Waals surface area contributed by atoms with Crippen LogP contribution in [0.5, 0.6) is 11.5 Å². The first kappa shape index (κ1) is 16.6. The lowest BCUT2D eigenvalue weighted by Gasteiger charge is -2.11. The number of carbonyl (C=O) groups is 2. The zero-order chi connectivity index (χ0) is 15.7. The maximum absolute atomic E-state index is 11.6. The van der Waals surface area contributed by atoms with Crippen molar-refractivity contribution < 1.29 is 23.8 Å². The van der Waals surface area contributed by atoms with Crippen molar-refractivity contribution in [3.8, 4) is 11.5 Å². The largest absolute Gasteiger partial charge is 0.497 e. The Morgan fingerprint density at radius 2 is 1.90 bits per heavy atom. The first-order valence-electron chi connectivity index (χ1n) is 6.49. The molecule has 2 amide bonds. The first-order chi connectivity index (χ1) is 10.1. The summed E-state index contributed by atoms with van der Waals surface area (Å²) >= 11 is 0. The zero-order valence-electron chi connectivity index (χ0n) is 12.4. The van der Waals surface area contributed by atoms with E-state index in [4.69, 9.17) is 14.2 Å². The van der Waals surface area contributed by atoms with Crippen LogP contribution >= 0.6 is 0 Å². The molecule has 0 radical (unpaired) electrons. The number of ether oxygens (including phenoxy) is 3. The van der Waals surface area contributed by atoms with E-state index in [1.54, 1.807) is 39.3 Å². The van der Waals surface area contributed by atoms with Crippen LogP contribution in [0.25, 0.3) is 0 Å². The van der Waals surface area contributed by atoms with Gasteiger partial charge in [0, 0.05) is 18.2 Å². The Hall–Kier alpha value is -2.44. The molecule has 0 spiro atoms. The highest BCUT2D eigenvalue weighted by molar-refractivity contribution is 5.80. The highest BCUT2D eigenvalue weighted by Crippen LogP contribution is 2.24. The number of rotatable bonds is 7. The highest BCUT2D eigenvalue weighted by atomic mass is 16.5. The Labute approximate surface area is 123 Å². The Morgan fingerprint density at radius 1 is 1.14 bits per heavy atom. The molecule has 7 heteroatoms. The standard InChI is InChI=1S/C14H20N2O5/c1-4-21-13(17)9-16-14(18)15-8-10-5-6-11(19-2)7-12(10)20-3/h5-7H,4,8-9H2,1-3H3,(H2,15,16,18). The first-order valence-corrected chi connectivity index (χ1v) is 6.49. The topological polar surface area (TPSA) is 85.9 Å². The van der Waals surface area contributed by atoms with Gasteiger partial charge in [0.25, 0.3) is 0 Å². The summed E-state index contributed by atoms with van der Waals surface area (Å²) in [6, 6.07) is 4.84. The van der Waals surface area contributed by atoms with Gasteiger partial charge in [-0.25, -0.2) is 4.79 Å². The summed E-state index contributed by atoms with van der Waals surface area (Å²) in [6.45, 7) is 2.08. The third-order valence-electron chi connectivity index (χ3n) is 2.63. The van der Waals surface area contributed by atoms with Crippen molar-refractivity contribution in [2.24, 2.45) is 0 Å². The van der Waals surface area contributed by atoms with Crippen molar-refractivity contribution >= 4 is 12.0 Å². The Balaban J connectivity index is 2.47. The van der Waals surface area contributed by atoms with Gasteiger partial charge in [-0.1, -0.05) is 0 Å². The molecule has 0 bridgehead atoms. The number of esters is 1. The van der Waals surface area contributed by atoms with Gasteiger partial charge in [-0.15, -0.1) is 0 Å². The molecule has 0 aliphatic carbocycles. The van der Waals surface area contributed by atoms with Crippen LogP contribution < -0.4 is 20.1 Å². The molecule has 1 aromatic rings. The fraction of sp³-hybridized carbons (Fsp3) is 0.429. The average molecular weight is 296 g/mol. The van der Waals surface area contributed by atoms with Crippen LogP contribution in [0.3, 0.4) is 0 Å². The van der Waals surface area contributed by atoms with Gasteiger partial charge in [-0.3, -0.25) is 4.79 Å². The van der Waals surface area contributed by atoms with E-state index in [-0.39, 0.29) is 19.7 Å². The minimum Gasteiger partial charge on any atom is -0.497 e. The molecule has 0 aliphatic rings. The van der Waals surface area contributed by atoms with Crippen molar-refractivity contribution in [3.63, 3.8) is 0 Å². The van der Waals surface area contributed by atoms with E-state index in [0.29, 0.717) is 11.5 Å². The number of hydrogen-bond acceptors (Lipinski definition) is 5. The van der Waals surface area contributed by atoms with Crippen LogP contribution in [0.15, 0.2) is 18.2 Å². The van der Waals surface area contributed by atoms with Gasteiger partial charge in [0.2, 0.25) is 0 Å². The van der Waals surface area contributed by atoms with Crippen molar-refractivity contribution in [3.05, 3.63) is 23.8 Å². The second-order valence-electron chi connectivity index (χ2n) is 4.02. The minimum atomic E-state index is -0.477. The number of hydrogen-bond donors (Lipinski definition) is 2. The lowest BCUT2D eigenvalue weighted by molar-refractivity contribution is -0.141. The summed E-state index contributed by atoms with van der Waals surface area (Å²) in [5.41, 5.74) is 0.796. The molecule has 0 atom stereocenters. The second-order valence-corrected chi connectivity index (χ2v) is 4.02. The molecule has 2 N–H and O–H groups in total. The van der Waals surface area contributed by atoms with Crippen LogP contribution in [0, 0.1) is 0 Å². The minimum absolute atomic E-state index is 0.167. The predicted octanol–water partition coefficient (Wildman–Crippen LogP) is 1.07. The maximum Gasteiger partial charge on any atom is 0.325 e. The van der Waals surface area contributed by atoms with E-state index in [1.807, 2.05) is 0 Å². The molecule has 1 aromatic carbocycles. The third-order valence-corrected chi connectivity index (χ3v) is 2.63. The molecule has 7 nitrogen and oxygen atoms in total. The van der Waals surface area contributed by atoms with Gasteiger partial charge in [-0.05, 0) is 19.1 Å². The van der Waals surface area contributed by atoms with Crippen molar-refractivity contribution in [2.45, 2.75) is 13.5 Å². The Kier molecular flexibility index (Phi) is 6.86. The van der Waals surface area contributed by atoms with Crippen LogP contribution in [-0.4, -0.2) is 39.4 Å². The molecule has 0 saturated heterocycles. The van der Waals surface area contributed by atoms with Crippen LogP contribution in [-0.2, 0) is 16.1 Å². The maximum atomic E-state index is 11.6. The molecule has 116 valence electrons. The molecule has 0 unspecified atom stereocenters. The molecule has 0 heterocycles. The van der Waals surface area contributed by atoms with Crippen LogP contribution in [0.4, 0.5) is 4.79 Å². The Bertz CT molecular complexity index is 490. The smallest absolute Gasteiger partial charge is 0.325 e. The Morgan fingerprint density at radius 3 is 2.52 bits per heavy atom. The van der Waals surface area contributed by atoms with Gasteiger partial charge < -0.3 is 24.8 Å². The van der Waals surface area contributed by atoms with Gasteiger partial charge in [-0.2, -0.15) is 0 Å². The third kappa shape index (κ3) is 5.60. The highest BCUT2D eigenvalue weighted by Gasteiger charge is 2.08. The average Bonchev–Trinajstić information content (AvgIpc) is 2.51. The molecule has 0 saturated carbocycles. The second kappa shape index (κ2) is 8.68. The molecule has 1 rings (SSSR count). The summed E-state index contributed by atoms with van der Waals surface area (Å²) in [5, 5.41) is 5.04. The van der Waals surface area contributed by atoms with E-state index in [2.05, 4.69) is 10.6 Å². The molecule has 0 aliphatic heterocycles. The quantitative estimate of drug-likeness (QED) is 0.735. The van der Waals surface area contributed by atoms with Crippen molar-refractivity contribution in [2.75, 3.05) is 27.4 Å². The monoisotopic (exact) mass is 296 g/mol. The van der Waals surface area contributed by atoms with Gasteiger partial charge in [0.15, 0.2) is 0 Å². The summed E-state index contributed by atoms with van der Waals surface area (Å²) in [5.74, 6) is 0.803. The fourth-order valence-corrected chi connectivity index (χ4v) is 1.60. The molecular weight excluding hydrogens is 276 g/mol. The van der Waals surface area contributed by atoms with E-state index < -0.39 is 12.0 Å². The summed E-state index contributed by atoms with van der Waals surface area (Å²) in [6.07, 6.45) is 0. The van der Waals surface area contributed by atoms with Gasteiger partial charge in [0.1, 0.15) is 18.0 Å². The fourth-order valence-electron chi connectivity index (χ4n) is 1.60.